The van der Waals surface area contributed by atoms with Crippen molar-refractivity contribution in [1.29, 1.82) is 0 Å². The quantitative estimate of drug-likeness (QED) is 0.634. The van der Waals surface area contributed by atoms with E-state index in [2.05, 4.69) is 59.9 Å². The van der Waals surface area contributed by atoms with Gasteiger partial charge in [-0.25, -0.2) is 0 Å². The fourth-order valence-corrected chi connectivity index (χ4v) is 3.73. The summed E-state index contributed by atoms with van der Waals surface area (Å²) in [4.78, 5) is 12.2. The summed E-state index contributed by atoms with van der Waals surface area (Å²) in [5.41, 5.74) is 5.65. The van der Waals surface area contributed by atoms with Gasteiger partial charge in [-0.3, -0.25) is 4.79 Å². The van der Waals surface area contributed by atoms with Gasteiger partial charge >= 0.3 is 0 Å². The minimum atomic E-state index is -0.0548. The molecular weight excluding hydrogens is 356 g/mol. The number of thioether (sulfide) groups is 1. The van der Waals surface area contributed by atoms with Gasteiger partial charge in [0.2, 0.25) is 5.91 Å². The average Bonchev–Trinajstić information content (AvgIpc) is 3.08. The lowest BCUT2D eigenvalue weighted by atomic mass is 9.98. The van der Waals surface area contributed by atoms with Crippen LogP contribution in [0.25, 0.3) is 11.4 Å². The van der Waals surface area contributed by atoms with E-state index in [1.807, 2.05) is 30.3 Å². The number of amides is 1. The van der Waals surface area contributed by atoms with E-state index >= 15 is 0 Å². The highest BCUT2D eigenvalue weighted by Crippen LogP contribution is 2.29. The van der Waals surface area contributed by atoms with Crippen molar-refractivity contribution in [2.24, 2.45) is 0 Å². The zero-order chi connectivity index (χ0) is 19.4. The molecule has 0 aliphatic heterocycles. The van der Waals surface area contributed by atoms with E-state index < -0.39 is 0 Å². The molecule has 0 saturated carbocycles. The third-order valence-corrected chi connectivity index (χ3v) is 5.69. The second-order valence-corrected chi connectivity index (χ2v) is 7.38. The van der Waals surface area contributed by atoms with E-state index in [-0.39, 0.29) is 5.91 Å². The van der Waals surface area contributed by atoms with Gasteiger partial charge in [0.15, 0.2) is 11.0 Å². The molecule has 0 saturated heterocycles. The molecule has 0 fully saturated rings. The minimum Gasteiger partial charge on any atom is -0.325 e. The summed E-state index contributed by atoms with van der Waals surface area (Å²) in [5, 5.41) is 12.4. The first-order chi connectivity index (χ1) is 13.0. The number of hydrogen-bond acceptors (Lipinski definition) is 4. The van der Waals surface area contributed by atoms with Gasteiger partial charge in [0.1, 0.15) is 0 Å². The summed E-state index contributed by atoms with van der Waals surface area (Å²) >= 11 is 1.40. The van der Waals surface area contributed by atoms with Gasteiger partial charge in [-0.05, 0) is 56.5 Å². The molecule has 5 nitrogen and oxygen atoms in total. The maximum Gasteiger partial charge on any atom is 0.234 e. The predicted molar refractivity (Wildman–Crippen MR) is 111 cm³/mol. The molecule has 0 radical (unpaired) electrons. The van der Waals surface area contributed by atoms with Crippen LogP contribution in [-0.2, 0) is 11.3 Å². The highest BCUT2D eigenvalue weighted by Gasteiger charge is 2.17. The Morgan fingerprint density at radius 2 is 1.78 bits per heavy atom. The second-order valence-electron chi connectivity index (χ2n) is 6.43. The van der Waals surface area contributed by atoms with Crippen molar-refractivity contribution in [2.45, 2.75) is 39.4 Å². The largest absolute Gasteiger partial charge is 0.325 e. The monoisotopic (exact) mass is 380 g/mol. The lowest BCUT2D eigenvalue weighted by molar-refractivity contribution is -0.113. The third-order valence-electron chi connectivity index (χ3n) is 4.72. The number of carbonyl (C=O) groups excluding carboxylic acids is 1. The Labute approximate surface area is 164 Å². The molecular formula is C21H24N4OS. The van der Waals surface area contributed by atoms with Gasteiger partial charge in [0, 0.05) is 17.8 Å². The standard InChI is InChI=1S/C21H24N4OS/c1-5-25-20(18-12-11-14(2)15(3)16(18)4)23-24-21(25)27-13-19(26)22-17-9-7-6-8-10-17/h6-12H,5,13H2,1-4H3,(H,22,26). The number of para-hydroxylation sites is 1. The molecule has 140 valence electrons. The maximum absolute atomic E-state index is 12.2. The van der Waals surface area contributed by atoms with Crippen LogP contribution < -0.4 is 5.32 Å². The Bertz CT molecular complexity index is 950. The third kappa shape index (κ3) is 4.22. The van der Waals surface area contributed by atoms with Gasteiger partial charge in [0.25, 0.3) is 0 Å². The summed E-state index contributed by atoms with van der Waals surface area (Å²) in [6.45, 7) is 9.18. The summed E-state index contributed by atoms with van der Waals surface area (Å²) < 4.78 is 2.07. The molecule has 0 unspecified atom stereocenters. The summed E-state index contributed by atoms with van der Waals surface area (Å²) in [6.07, 6.45) is 0. The lowest BCUT2D eigenvalue weighted by Gasteiger charge is -2.12. The molecule has 3 aromatic rings. The van der Waals surface area contributed by atoms with Crippen LogP contribution in [0.4, 0.5) is 5.69 Å². The number of nitrogens with zero attached hydrogens (tertiary/aromatic N) is 3. The molecule has 0 spiro atoms. The number of aromatic nitrogens is 3. The molecule has 0 atom stereocenters. The fraction of sp³-hybridized carbons (Fsp3) is 0.286. The van der Waals surface area contributed by atoms with Crippen molar-refractivity contribution in [3.8, 4) is 11.4 Å². The average molecular weight is 381 g/mol. The second kappa shape index (κ2) is 8.39. The number of rotatable bonds is 6. The summed E-state index contributed by atoms with van der Waals surface area (Å²) in [5.74, 6) is 1.09. The van der Waals surface area contributed by atoms with E-state index in [0.29, 0.717) is 5.75 Å². The van der Waals surface area contributed by atoms with E-state index in [1.165, 1.54) is 28.5 Å². The normalized spacial score (nSPS) is 10.8. The van der Waals surface area contributed by atoms with Crippen LogP contribution in [0.2, 0.25) is 0 Å². The Balaban J connectivity index is 1.76. The number of hydrogen-bond donors (Lipinski definition) is 1. The molecule has 0 aliphatic carbocycles. The SMILES string of the molecule is CCn1c(SCC(=O)Nc2ccccc2)nnc1-c1ccc(C)c(C)c1C. The van der Waals surface area contributed by atoms with Gasteiger partial charge in [0.05, 0.1) is 5.75 Å². The zero-order valence-electron chi connectivity index (χ0n) is 16.1. The van der Waals surface area contributed by atoms with Gasteiger partial charge in [-0.1, -0.05) is 42.1 Å². The van der Waals surface area contributed by atoms with Crippen LogP contribution in [0.1, 0.15) is 23.6 Å². The Morgan fingerprint density at radius 1 is 1.04 bits per heavy atom. The van der Waals surface area contributed by atoms with E-state index in [1.54, 1.807) is 0 Å². The van der Waals surface area contributed by atoms with E-state index in [9.17, 15) is 4.79 Å². The molecule has 1 aromatic heterocycles. The van der Waals surface area contributed by atoms with Gasteiger partial charge in [-0.2, -0.15) is 0 Å². The van der Waals surface area contributed by atoms with Crippen molar-refractivity contribution in [3.63, 3.8) is 0 Å². The van der Waals surface area contributed by atoms with Crippen molar-refractivity contribution in [2.75, 3.05) is 11.1 Å². The van der Waals surface area contributed by atoms with Crippen LogP contribution in [0.3, 0.4) is 0 Å². The Morgan fingerprint density at radius 3 is 2.48 bits per heavy atom. The van der Waals surface area contributed by atoms with Crippen molar-refractivity contribution in [1.82, 2.24) is 14.8 Å². The summed E-state index contributed by atoms with van der Waals surface area (Å²) in [7, 11) is 0. The first-order valence-electron chi connectivity index (χ1n) is 8.99. The van der Waals surface area contributed by atoms with Crippen molar-refractivity contribution >= 4 is 23.4 Å². The lowest BCUT2D eigenvalue weighted by Crippen LogP contribution is -2.14. The van der Waals surface area contributed by atoms with Gasteiger partial charge < -0.3 is 9.88 Å². The predicted octanol–water partition coefficient (Wildman–Crippen LogP) is 4.62. The number of anilines is 1. The molecule has 0 bridgehead atoms. The molecule has 1 heterocycles. The first-order valence-corrected chi connectivity index (χ1v) is 9.98. The number of benzene rings is 2. The van der Waals surface area contributed by atoms with Crippen LogP contribution in [0.15, 0.2) is 47.6 Å². The molecule has 6 heteroatoms. The molecule has 27 heavy (non-hydrogen) atoms. The maximum atomic E-state index is 12.2. The van der Waals surface area contributed by atoms with Crippen LogP contribution in [0.5, 0.6) is 0 Å². The van der Waals surface area contributed by atoms with Gasteiger partial charge in [-0.15, -0.1) is 10.2 Å². The van der Waals surface area contributed by atoms with Crippen LogP contribution in [-0.4, -0.2) is 26.4 Å². The fourth-order valence-electron chi connectivity index (χ4n) is 2.93. The number of nitrogens with one attached hydrogen (secondary N) is 1. The van der Waals surface area contributed by atoms with Crippen molar-refractivity contribution in [3.05, 3.63) is 59.2 Å². The van der Waals surface area contributed by atoms with E-state index in [4.69, 9.17) is 0 Å². The van der Waals surface area contributed by atoms with Crippen LogP contribution in [0, 0.1) is 20.8 Å². The zero-order valence-corrected chi connectivity index (χ0v) is 16.9. The smallest absolute Gasteiger partial charge is 0.234 e. The van der Waals surface area contributed by atoms with Crippen LogP contribution >= 0.6 is 11.8 Å². The summed E-state index contributed by atoms with van der Waals surface area (Å²) in [6, 6.07) is 13.7. The highest BCUT2D eigenvalue weighted by atomic mass is 32.2. The minimum absolute atomic E-state index is 0.0548. The highest BCUT2D eigenvalue weighted by molar-refractivity contribution is 7.99. The van der Waals surface area contributed by atoms with Crippen molar-refractivity contribution < 1.29 is 4.79 Å². The number of aryl methyl sites for hydroxylation is 1. The topological polar surface area (TPSA) is 59.8 Å². The molecule has 3 rings (SSSR count). The molecule has 1 amide bonds. The Hall–Kier alpha value is -2.60. The molecule has 0 aliphatic rings. The Kier molecular flexibility index (Phi) is 5.96. The molecule has 1 N–H and O–H groups in total. The first kappa shape index (κ1) is 19.2. The van der Waals surface area contributed by atoms with E-state index in [0.717, 1.165) is 28.8 Å². The number of carbonyl (C=O) groups is 1. The molecule has 2 aromatic carbocycles.